The minimum atomic E-state index is -0.208. The number of allylic oxidation sites excluding steroid dienone is 2. The molecular weight excluding hydrogens is 136 g/mol. The summed E-state index contributed by atoms with van der Waals surface area (Å²) >= 11 is 0. The first-order valence-electron chi connectivity index (χ1n) is 3.75. The largest absolute Gasteiger partial charge is 0.491 e. The first-order valence-corrected chi connectivity index (χ1v) is 3.75. The summed E-state index contributed by atoms with van der Waals surface area (Å²) in [6.45, 7) is 9.97. The molecule has 0 radical (unpaired) electrons. The summed E-state index contributed by atoms with van der Waals surface area (Å²) in [6.07, 6.45) is 5.66. The highest BCUT2D eigenvalue weighted by Gasteiger charge is 2.25. The summed E-state index contributed by atoms with van der Waals surface area (Å²) in [5, 5.41) is 0. The van der Waals surface area contributed by atoms with Crippen LogP contribution in [0.25, 0.3) is 0 Å². The van der Waals surface area contributed by atoms with E-state index in [2.05, 4.69) is 6.58 Å². The topological polar surface area (TPSA) is 9.23 Å². The predicted octanol–water partition coefficient (Wildman–Crippen LogP) is 2.81. The molecule has 0 spiro atoms. The van der Waals surface area contributed by atoms with Gasteiger partial charge in [0.2, 0.25) is 0 Å². The van der Waals surface area contributed by atoms with Gasteiger partial charge in [-0.1, -0.05) is 18.2 Å². The molecule has 0 aromatic rings. The van der Waals surface area contributed by atoms with Crippen LogP contribution in [0.4, 0.5) is 0 Å². The zero-order valence-corrected chi connectivity index (χ0v) is 7.35. The number of rotatable bonds is 1. The average molecular weight is 150 g/mol. The molecule has 11 heavy (non-hydrogen) atoms. The van der Waals surface area contributed by atoms with E-state index in [9.17, 15) is 0 Å². The molecule has 0 N–H and O–H groups in total. The quantitative estimate of drug-likeness (QED) is 0.558. The Morgan fingerprint density at radius 3 is 2.55 bits per heavy atom. The molecule has 0 unspecified atom stereocenters. The monoisotopic (exact) mass is 150 g/mol. The molecule has 1 heteroatoms. The van der Waals surface area contributed by atoms with Gasteiger partial charge in [0.15, 0.2) is 0 Å². The zero-order chi connectivity index (χ0) is 8.48. The fourth-order valence-corrected chi connectivity index (χ4v) is 1.27. The van der Waals surface area contributed by atoms with Gasteiger partial charge in [-0.2, -0.15) is 0 Å². The third kappa shape index (κ3) is 1.53. The maximum atomic E-state index is 5.43. The second-order valence-corrected chi connectivity index (χ2v) is 3.32. The Morgan fingerprint density at radius 1 is 1.55 bits per heavy atom. The highest BCUT2D eigenvalue weighted by atomic mass is 16.5. The first-order chi connectivity index (χ1) is 5.04. The molecule has 0 aromatic heterocycles. The van der Waals surface area contributed by atoms with Gasteiger partial charge in [0.1, 0.15) is 5.60 Å². The molecule has 1 aliphatic heterocycles. The van der Waals surface area contributed by atoms with Gasteiger partial charge in [-0.3, -0.25) is 0 Å². The van der Waals surface area contributed by atoms with E-state index in [1.165, 1.54) is 5.57 Å². The van der Waals surface area contributed by atoms with Gasteiger partial charge in [0, 0.05) is 0 Å². The lowest BCUT2D eigenvalue weighted by Gasteiger charge is -2.29. The molecule has 60 valence electrons. The summed E-state index contributed by atoms with van der Waals surface area (Å²) in [5.41, 5.74) is 2.03. The standard InChI is InChI=1S/C10H14O/c1-8(2)9-6-5-7-11-10(9,3)4/h5-7H,1H2,2-4H3. The highest BCUT2D eigenvalue weighted by molar-refractivity contribution is 5.38. The Labute approximate surface area is 68.1 Å². The molecule has 0 atom stereocenters. The van der Waals surface area contributed by atoms with Gasteiger partial charge in [0.25, 0.3) is 0 Å². The Hall–Kier alpha value is -0.980. The lowest BCUT2D eigenvalue weighted by molar-refractivity contribution is 0.0917. The van der Waals surface area contributed by atoms with Crippen LogP contribution in [0.5, 0.6) is 0 Å². The number of hydrogen-bond acceptors (Lipinski definition) is 1. The number of ether oxygens (including phenoxy) is 1. The Balaban J connectivity index is 2.97. The van der Waals surface area contributed by atoms with Crippen LogP contribution in [0, 0.1) is 0 Å². The van der Waals surface area contributed by atoms with E-state index < -0.39 is 0 Å². The van der Waals surface area contributed by atoms with Crippen molar-refractivity contribution in [2.75, 3.05) is 0 Å². The van der Waals surface area contributed by atoms with Gasteiger partial charge in [-0.05, 0) is 32.4 Å². The van der Waals surface area contributed by atoms with Crippen molar-refractivity contribution in [2.45, 2.75) is 26.4 Å². The van der Waals surface area contributed by atoms with Crippen LogP contribution in [-0.4, -0.2) is 5.60 Å². The maximum absolute atomic E-state index is 5.43. The van der Waals surface area contributed by atoms with E-state index in [-0.39, 0.29) is 5.60 Å². The minimum absolute atomic E-state index is 0.208. The molecule has 0 amide bonds. The van der Waals surface area contributed by atoms with Gasteiger partial charge in [0.05, 0.1) is 6.26 Å². The molecule has 0 aromatic carbocycles. The third-order valence-corrected chi connectivity index (χ3v) is 1.81. The highest BCUT2D eigenvalue weighted by Crippen LogP contribution is 2.28. The molecule has 0 bridgehead atoms. The van der Waals surface area contributed by atoms with Crippen molar-refractivity contribution in [1.82, 2.24) is 0 Å². The lowest BCUT2D eigenvalue weighted by Crippen LogP contribution is -2.26. The van der Waals surface area contributed by atoms with Crippen molar-refractivity contribution in [3.63, 3.8) is 0 Å². The van der Waals surface area contributed by atoms with E-state index in [4.69, 9.17) is 4.74 Å². The fourth-order valence-electron chi connectivity index (χ4n) is 1.27. The van der Waals surface area contributed by atoms with Crippen LogP contribution in [0.15, 0.2) is 36.1 Å². The maximum Gasteiger partial charge on any atom is 0.128 e. The molecule has 1 heterocycles. The normalized spacial score (nSPS) is 20.5. The summed E-state index contributed by atoms with van der Waals surface area (Å²) in [4.78, 5) is 0. The summed E-state index contributed by atoms with van der Waals surface area (Å²) in [7, 11) is 0. The van der Waals surface area contributed by atoms with E-state index in [0.29, 0.717) is 0 Å². The Morgan fingerprint density at radius 2 is 2.18 bits per heavy atom. The van der Waals surface area contributed by atoms with E-state index in [0.717, 1.165) is 5.57 Å². The van der Waals surface area contributed by atoms with Crippen LogP contribution in [0.3, 0.4) is 0 Å². The van der Waals surface area contributed by atoms with Crippen molar-refractivity contribution in [1.29, 1.82) is 0 Å². The summed E-state index contributed by atoms with van der Waals surface area (Å²) in [6, 6.07) is 0. The van der Waals surface area contributed by atoms with Gasteiger partial charge in [-0.25, -0.2) is 0 Å². The summed E-state index contributed by atoms with van der Waals surface area (Å²) < 4.78 is 5.43. The van der Waals surface area contributed by atoms with Crippen LogP contribution >= 0.6 is 0 Å². The van der Waals surface area contributed by atoms with Crippen LogP contribution in [0.2, 0.25) is 0 Å². The molecule has 1 rings (SSSR count). The van der Waals surface area contributed by atoms with E-state index in [1.807, 2.05) is 32.9 Å². The van der Waals surface area contributed by atoms with Crippen molar-refractivity contribution in [3.8, 4) is 0 Å². The van der Waals surface area contributed by atoms with Crippen molar-refractivity contribution in [2.24, 2.45) is 0 Å². The second kappa shape index (κ2) is 2.57. The van der Waals surface area contributed by atoms with Crippen LogP contribution in [-0.2, 0) is 4.74 Å². The molecule has 1 nitrogen and oxygen atoms in total. The van der Waals surface area contributed by atoms with Crippen molar-refractivity contribution >= 4 is 0 Å². The Bertz CT molecular complexity index is 231. The van der Waals surface area contributed by atoms with Crippen LogP contribution < -0.4 is 0 Å². The number of hydrogen-bond donors (Lipinski definition) is 0. The SMILES string of the molecule is C=C(C)C1=CC=COC1(C)C. The third-order valence-electron chi connectivity index (χ3n) is 1.81. The molecular formula is C10H14O. The smallest absolute Gasteiger partial charge is 0.128 e. The molecule has 0 saturated heterocycles. The van der Waals surface area contributed by atoms with Gasteiger partial charge in [-0.15, -0.1) is 0 Å². The predicted molar refractivity (Wildman–Crippen MR) is 47.2 cm³/mol. The molecule has 0 saturated carbocycles. The first kappa shape index (κ1) is 8.12. The lowest BCUT2D eigenvalue weighted by atomic mass is 9.91. The van der Waals surface area contributed by atoms with Gasteiger partial charge >= 0.3 is 0 Å². The van der Waals surface area contributed by atoms with Crippen LogP contribution in [0.1, 0.15) is 20.8 Å². The Kier molecular flexibility index (Phi) is 1.90. The average Bonchev–Trinajstić information content (AvgIpc) is 1.85. The molecule has 0 aliphatic carbocycles. The zero-order valence-electron chi connectivity index (χ0n) is 7.35. The van der Waals surface area contributed by atoms with Crippen molar-refractivity contribution < 1.29 is 4.74 Å². The minimum Gasteiger partial charge on any atom is -0.491 e. The van der Waals surface area contributed by atoms with E-state index in [1.54, 1.807) is 6.26 Å². The fraction of sp³-hybridized carbons (Fsp3) is 0.400. The molecule has 0 fully saturated rings. The van der Waals surface area contributed by atoms with E-state index >= 15 is 0 Å². The van der Waals surface area contributed by atoms with Gasteiger partial charge < -0.3 is 4.74 Å². The molecule has 1 aliphatic rings. The summed E-state index contributed by atoms with van der Waals surface area (Å²) in [5.74, 6) is 0. The van der Waals surface area contributed by atoms with Crippen molar-refractivity contribution in [3.05, 3.63) is 36.1 Å². The second-order valence-electron chi connectivity index (χ2n) is 3.32.